The summed E-state index contributed by atoms with van der Waals surface area (Å²) in [5, 5.41) is 3.26. The molecule has 5 nitrogen and oxygen atoms in total. The molecule has 1 aromatic heterocycles. The van der Waals surface area contributed by atoms with Crippen LogP contribution >= 0.6 is 11.6 Å². The SMILES string of the molecule is C[C@@]1(c2cc(CC(=O)c3ccc(Cl)cn3)ccc2F)COCCC(=O)N1. The Hall–Kier alpha value is -2.31. The number of nitrogens with zero attached hydrogens (tertiary/aromatic N) is 1. The topological polar surface area (TPSA) is 68.3 Å². The Kier molecular flexibility index (Phi) is 5.34. The lowest BCUT2D eigenvalue weighted by Crippen LogP contribution is -2.45. The fourth-order valence-electron chi connectivity index (χ4n) is 2.91. The molecular formula is C19H18ClFN2O3. The second-order valence-corrected chi connectivity index (χ2v) is 6.90. The summed E-state index contributed by atoms with van der Waals surface area (Å²) in [6, 6.07) is 7.59. The van der Waals surface area contributed by atoms with Gasteiger partial charge in [0.05, 0.1) is 23.8 Å². The van der Waals surface area contributed by atoms with Gasteiger partial charge in [0.1, 0.15) is 11.5 Å². The van der Waals surface area contributed by atoms with Gasteiger partial charge in [0.15, 0.2) is 5.78 Å². The molecule has 1 atom stereocenters. The van der Waals surface area contributed by atoms with E-state index >= 15 is 0 Å². The number of Topliss-reactive ketones (excluding diaryl/α,β-unsaturated/α-hetero) is 1. The van der Waals surface area contributed by atoms with E-state index in [0.717, 1.165) is 0 Å². The van der Waals surface area contributed by atoms with Crippen molar-refractivity contribution in [2.75, 3.05) is 13.2 Å². The van der Waals surface area contributed by atoms with Gasteiger partial charge in [-0.1, -0.05) is 17.7 Å². The zero-order valence-electron chi connectivity index (χ0n) is 14.2. The molecule has 2 aromatic rings. The molecule has 1 aromatic carbocycles. The number of amides is 1. The molecule has 7 heteroatoms. The summed E-state index contributed by atoms with van der Waals surface area (Å²) in [5.41, 5.74) is 0.220. The van der Waals surface area contributed by atoms with Crippen LogP contribution in [0.15, 0.2) is 36.5 Å². The highest BCUT2D eigenvalue weighted by Gasteiger charge is 2.34. The van der Waals surface area contributed by atoms with E-state index in [2.05, 4.69) is 10.3 Å². The van der Waals surface area contributed by atoms with Crippen LogP contribution in [0, 0.1) is 5.82 Å². The Morgan fingerprint density at radius 2 is 2.19 bits per heavy atom. The van der Waals surface area contributed by atoms with E-state index in [1.807, 2.05) is 0 Å². The van der Waals surface area contributed by atoms with Crippen molar-refractivity contribution < 1.29 is 18.7 Å². The van der Waals surface area contributed by atoms with Gasteiger partial charge in [-0.25, -0.2) is 4.39 Å². The molecule has 1 fully saturated rings. The summed E-state index contributed by atoms with van der Waals surface area (Å²) < 4.78 is 19.9. The van der Waals surface area contributed by atoms with E-state index in [0.29, 0.717) is 22.8 Å². The van der Waals surface area contributed by atoms with Crippen molar-refractivity contribution in [2.45, 2.75) is 25.3 Å². The molecule has 0 spiro atoms. The number of aromatic nitrogens is 1. The van der Waals surface area contributed by atoms with E-state index < -0.39 is 11.4 Å². The first-order valence-corrected chi connectivity index (χ1v) is 8.57. The van der Waals surface area contributed by atoms with Crippen molar-refractivity contribution in [2.24, 2.45) is 0 Å². The number of hydrogen-bond acceptors (Lipinski definition) is 4. The molecule has 1 amide bonds. The number of ketones is 1. The maximum Gasteiger partial charge on any atom is 0.223 e. The smallest absolute Gasteiger partial charge is 0.223 e. The number of rotatable bonds is 4. The lowest BCUT2D eigenvalue weighted by molar-refractivity contribution is -0.122. The number of hydrogen-bond donors (Lipinski definition) is 1. The van der Waals surface area contributed by atoms with Gasteiger partial charge in [-0.05, 0) is 36.8 Å². The van der Waals surface area contributed by atoms with Crippen LogP contribution in [-0.2, 0) is 21.5 Å². The van der Waals surface area contributed by atoms with Crippen LogP contribution in [0.3, 0.4) is 0 Å². The first-order valence-electron chi connectivity index (χ1n) is 8.20. The largest absolute Gasteiger partial charge is 0.378 e. The minimum atomic E-state index is -0.991. The first-order chi connectivity index (χ1) is 12.4. The fourth-order valence-corrected chi connectivity index (χ4v) is 3.03. The lowest BCUT2D eigenvalue weighted by Gasteiger charge is -2.29. The Labute approximate surface area is 155 Å². The summed E-state index contributed by atoms with van der Waals surface area (Å²) in [7, 11) is 0. The lowest BCUT2D eigenvalue weighted by atomic mass is 9.90. The van der Waals surface area contributed by atoms with Crippen LogP contribution in [0.2, 0.25) is 5.02 Å². The Morgan fingerprint density at radius 3 is 2.92 bits per heavy atom. The highest BCUT2D eigenvalue weighted by atomic mass is 35.5. The monoisotopic (exact) mass is 376 g/mol. The Morgan fingerprint density at radius 1 is 1.38 bits per heavy atom. The molecule has 1 aliphatic heterocycles. The van der Waals surface area contributed by atoms with Gasteiger partial charge in [0.2, 0.25) is 5.91 Å². The molecule has 0 aliphatic carbocycles. The Bertz CT molecular complexity index is 841. The third-order valence-electron chi connectivity index (χ3n) is 4.28. The van der Waals surface area contributed by atoms with Crippen molar-refractivity contribution in [1.82, 2.24) is 10.3 Å². The highest BCUT2D eigenvalue weighted by Crippen LogP contribution is 2.27. The van der Waals surface area contributed by atoms with Gasteiger partial charge in [-0.2, -0.15) is 0 Å². The summed E-state index contributed by atoms with van der Waals surface area (Å²) >= 11 is 5.78. The molecule has 26 heavy (non-hydrogen) atoms. The van der Waals surface area contributed by atoms with Crippen LogP contribution in [0.4, 0.5) is 4.39 Å². The highest BCUT2D eigenvalue weighted by molar-refractivity contribution is 6.30. The number of carbonyl (C=O) groups is 2. The van der Waals surface area contributed by atoms with E-state index in [4.69, 9.17) is 16.3 Å². The summed E-state index contributed by atoms with van der Waals surface area (Å²) in [4.78, 5) is 28.3. The molecule has 136 valence electrons. The molecular weight excluding hydrogens is 359 g/mol. The van der Waals surface area contributed by atoms with Gasteiger partial charge in [-0.3, -0.25) is 14.6 Å². The second kappa shape index (κ2) is 7.51. The fraction of sp³-hybridized carbons (Fsp3) is 0.316. The number of benzene rings is 1. The van der Waals surface area contributed by atoms with Crippen molar-refractivity contribution in [1.29, 1.82) is 0 Å². The van der Waals surface area contributed by atoms with Crippen LogP contribution < -0.4 is 5.32 Å². The van der Waals surface area contributed by atoms with Gasteiger partial charge < -0.3 is 10.1 Å². The maximum absolute atomic E-state index is 14.4. The number of nitrogens with one attached hydrogen (secondary N) is 1. The third-order valence-corrected chi connectivity index (χ3v) is 4.51. The molecule has 1 aliphatic rings. The predicted molar refractivity (Wildman–Crippen MR) is 94.6 cm³/mol. The van der Waals surface area contributed by atoms with Crippen LogP contribution in [0.25, 0.3) is 0 Å². The van der Waals surface area contributed by atoms with Crippen LogP contribution in [-0.4, -0.2) is 29.9 Å². The quantitative estimate of drug-likeness (QED) is 0.833. The molecule has 0 radical (unpaired) electrons. The molecule has 0 saturated carbocycles. The molecule has 0 unspecified atom stereocenters. The van der Waals surface area contributed by atoms with Crippen molar-refractivity contribution in [3.05, 3.63) is 64.2 Å². The summed E-state index contributed by atoms with van der Waals surface area (Å²) in [6.07, 6.45) is 1.70. The molecule has 0 bridgehead atoms. The summed E-state index contributed by atoms with van der Waals surface area (Å²) in [6.45, 7) is 2.16. The van der Waals surface area contributed by atoms with Crippen molar-refractivity contribution >= 4 is 23.3 Å². The van der Waals surface area contributed by atoms with Gasteiger partial charge >= 0.3 is 0 Å². The van der Waals surface area contributed by atoms with Gasteiger partial charge in [-0.15, -0.1) is 0 Å². The molecule has 2 heterocycles. The van der Waals surface area contributed by atoms with Crippen LogP contribution in [0.5, 0.6) is 0 Å². The second-order valence-electron chi connectivity index (χ2n) is 6.46. The average molecular weight is 377 g/mol. The van der Waals surface area contributed by atoms with Crippen LogP contribution in [0.1, 0.15) is 35.0 Å². The molecule has 1 saturated heterocycles. The minimum absolute atomic E-state index is 0.0623. The Balaban J connectivity index is 1.86. The number of halogens is 2. The van der Waals surface area contributed by atoms with Gasteiger partial charge in [0, 0.05) is 24.6 Å². The van der Waals surface area contributed by atoms with Gasteiger partial charge in [0.25, 0.3) is 0 Å². The predicted octanol–water partition coefficient (Wildman–Crippen LogP) is 3.05. The zero-order valence-corrected chi connectivity index (χ0v) is 15.0. The summed E-state index contributed by atoms with van der Waals surface area (Å²) in [5.74, 6) is -0.860. The van der Waals surface area contributed by atoms with Crippen molar-refractivity contribution in [3.8, 4) is 0 Å². The standard InChI is InChI=1S/C19H18ClFN2O3/c1-19(11-26-7-6-18(25)23-19)14-8-12(2-4-15(14)21)9-17(24)16-5-3-13(20)10-22-16/h2-5,8,10H,6-7,9,11H2,1H3,(H,23,25)/t19-/m0/s1. The third kappa shape index (κ3) is 4.08. The zero-order chi connectivity index (χ0) is 18.7. The number of ether oxygens (including phenoxy) is 1. The maximum atomic E-state index is 14.4. The number of pyridine rings is 1. The van der Waals surface area contributed by atoms with E-state index in [9.17, 15) is 14.0 Å². The average Bonchev–Trinajstić information content (AvgIpc) is 2.78. The molecule has 3 rings (SSSR count). The van der Waals surface area contributed by atoms with E-state index in [1.54, 1.807) is 31.2 Å². The first kappa shape index (κ1) is 18.5. The van der Waals surface area contributed by atoms with E-state index in [-0.39, 0.29) is 36.8 Å². The number of carbonyl (C=O) groups excluding carboxylic acids is 2. The van der Waals surface area contributed by atoms with E-state index in [1.165, 1.54) is 12.3 Å². The molecule has 1 N–H and O–H groups in total. The minimum Gasteiger partial charge on any atom is -0.378 e. The normalized spacial score (nSPS) is 20.3. The van der Waals surface area contributed by atoms with Crippen molar-refractivity contribution in [3.63, 3.8) is 0 Å².